The fraction of sp³-hybridized carbons (Fsp3) is 0.450. The van der Waals surface area contributed by atoms with Gasteiger partial charge in [0.15, 0.2) is 18.1 Å². The zero-order chi connectivity index (χ0) is 19.2. The molecule has 1 aromatic heterocycles. The lowest BCUT2D eigenvalue weighted by atomic mass is 10.1. The Morgan fingerprint density at radius 1 is 1.19 bits per heavy atom. The molecule has 7 heteroatoms. The minimum atomic E-state index is -0.116. The Labute approximate surface area is 159 Å². The first-order chi connectivity index (χ1) is 13.0. The molecule has 2 heterocycles. The van der Waals surface area contributed by atoms with E-state index in [0.29, 0.717) is 30.6 Å². The summed E-state index contributed by atoms with van der Waals surface area (Å²) >= 11 is 0. The van der Waals surface area contributed by atoms with Gasteiger partial charge in [-0.15, -0.1) is 0 Å². The van der Waals surface area contributed by atoms with Gasteiger partial charge in [0.05, 0.1) is 13.7 Å². The number of likely N-dealkylation sites (tertiary alicyclic amines) is 1. The van der Waals surface area contributed by atoms with Crippen molar-refractivity contribution in [1.82, 2.24) is 14.9 Å². The second kappa shape index (κ2) is 8.70. The van der Waals surface area contributed by atoms with Gasteiger partial charge in [0.25, 0.3) is 5.91 Å². The van der Waals surface area contributed by atoms with Crippen molar-refractivity contribution in [3.63, 3.8) is 0 Å². The van der Waals surface area contributed by atoms with Crippen molar-refractivity contribution in [1.29, 1.82) is 0 Å². The van der Waals surface area contributed by atoms with Gasteiger partial charge in [-0.1, -0.05) is 12.1 Å². The van der Waals surface area contributed by atoms with Gasteiger partial charge in [0.2, 0.25) is 0 Å². The Kier molecular flexibility index (Phi) is 6.11. The lowest BCUT2D eigenvalue weighted by Gasteiger charge is -2.32. The number of aromatic nitrogens is 2. The zero-order valence-corrected chi connectivity index (χ0v) is 16.0. The molecule has 1 saturated heterocycles. The second-order valence-electron chi connectivity index (χ2n) is 6.59. The lowest BCUT2D eigenvalue weighted by molar-refractivity contribution is -0.136. The quantitative estimate of drug-likeness (QED) is 0.777. The molecule has 7 nitrogen and oxygen atoms in total. The van der Waals surface area contributed by atoms with Gasteiger partial charge in [-0.05, 0) is 44.9 Å². The first kappa shape index (κ1) is 18.9. The van der Waals surface area contributed by atoms with Crippen molar-refractivity contribution in [2.24, 2.45) is 0 Å². The van der Waals surface area contributed by atoms with Crippen LogP contribution in [0.25, 0.3) is 0 Å². The van der Waals surface area contributed by atoms with Crippen LogP contribution in [0.4, 0.5) is 0 Å². The van der Waals surface area contributed by atoms with Crippen molar-refractivity contribution in [3.8, 4) is 17.5 Å². The van der Waals surface area contributed by atoms with E-state index in [1.807, 2.05) is 32.0 Å². The van der Waals surface area contributed by atoms with Crippen molar-refractivity contribution in [2.75, 3.05) is 26.8 Å². The van der Waals surface area contributed by atoms with Crippen LogP contribution in [-0.4, -0.2) is 53.7 Å². The number of amides is 1. The van der Waals surface area contributed by atoms with E-state index in [4.69, 9.17) is 14.2 Å². The summed E-state index contributed by atoms with van der Waals surface area (Å²) in [5, 5.41) is 0. The average Bonchev–Trinajstić information content (AvgIpc) is 2.65. The second-order valence-corrected chi connectivity index (χ2v) is 6.59. The van der Waals surface area contributed by atoms with Crippen molar-refractivity contribution in [3.05, 3.63) is 41.7 Å². The molecule has 1 aliphatic heterocycles. The standard InChI is InChI=1S/C20H25N3O4/c1-14-11-15(2)22-20(21-14)27-16-7-6-10-23(12-16)19(24)13-26-18-9-5-4-8-17(18)25-3/h4-5,8-9,11,16H,6-7,10,12-13H2,1-3H3. The average molecular weight is 371 g/mol. The Morgan fingerprint density at radius 3 is 2.59 bits per heavy atom. The van der Waals surface area contributed by atoms with Crippen LogP contribution in [0.15, 0.2) is 30.3 Å². The summed E-state index contributed by atoms with van der Waals surface area (Å²) < 4.78 is 16.8. The maximum atomic E-state index is 12.6. The van der Waals surface area contributed by atoms with E-state index < -0.39 is 0 Å². The number of carbonyl (C=O) groups is 1. The van der Waals surface area contributed by atoms with Crippen LogP contribution in [0.3, 0.4) is 0 Å². The SMILES string of the molecule is COc1ccccc1OCC(=O)N1CCCC(Oc2nc(C)cc(C)n2)C1. The topological polar surface area (TPSA) is 73.8 Å². The summed E-state index contributed by atoms with van der Waals surface area (Å²) in [4.78, 5) is 23.0. The highest BCUT2D eigenvalue weighted by atomic mass is 16.5. The highest BCUT2D eigenvalue weighted by molar-refractivity contribution is 5.78. The molecule has 144 valence electrons. The molecular weight excluding hydrogens is 346 g/mol. The van der Waals surface area contributed by atoms with Crippen LogP contribution in [0.1, 0.15) is 24.2 Å². The van der Waals surface area contributed by atoms with E-state index in [-0.39, 0.29) is 18.6 Å². The molecule has 1 aromatic carbocycles. The molecule has 0 spiro atoms. The van der Waals surface area contributed by atoms with Crippen molar-refractivity contribution in [2.45, 2.75) is 32.8 Å². The van der Waals surface area contributed by atoms with Crippen LogP contribution in [0.2, 0.25) is 0 Å². The monoisotopic (exact) mass is 371 g/mol. The Bertz CT molecular complexity index is 776. The summed E-state index contributed by atoms with van der Waals surface area (Å²) in [7, 11) is 1.58. The Morgan fingerprint density at radius 2 is 1.89 bits per heavy atom. The molecule has 1 unspecified atom stereocenters. The highest BCUT2D eigenvalue weighted by Gasteiger charge is 2.26. The summed E-state index contributed by atoms with van der Waals surface area (Å²) in [5.74, 6) is 1.09. The van der Waals surface area contributed by atoms with E-state index in [2.05, 4.69) is 9.97 Å². The van der Waals surface area contributed by atoms with E-state index in [1.165, 1.54) is 0 Å². The molecule has 0 bridgehead atoms. The van der Waals surface area contributed by atoms with Gasteiger partial charge in [-0.2, -0.15) is 0 Å². The Balaban J connectivity index is 1.56. The third kappa shape index (κ3) is 5.09. The van der Waals surface area contributed by atoms with Crippen molar-refractivity contribution >= 4 is 5.91 Å². The largest absolute Gasteiger partial charge is 0.493 e. The number of piperidine rings is 1. The van der Waals surface area contributed by atoms with Gasteiger partial charge in [0, 0.05) is 17.9 Å². The highest BCUT2D eigenvalue weighted by Crippen LogP contribution is 2.26. The predicted molar refractivity (Wildman–Crippen MR) is 100 cm³/mol. The van der Waals surface area contributed by atoms with Crippen LogP contribution < -0.4 is 14.2 Å². The van der Waals surface area contributed by atoms with E-state index in [9.17, 15) is 4.79 Å². The van der Waals surface area contributed by atoms with E-state index in [0.717, 1.165) is 24.2 Å². The van der Waals surface area contributed by atoms with E-state index >= 15 is 0 Å². The summed E-state index contributed by atoms with van der Waals surface area (Å²) in [6.07, 6.45) is 1.62. The number of nitrogens with zero attached hydrogens (tertiary/aromatic N) is 3. The number of hydrogen-bond donors (Lipinski definition) is 0. The summed E-state index contributed by atoms with van der Waals surface area (Å²) in [6.45, 7) is 4.99. The number of carbonyl (C=O) groups excluding carboxylic acids is 1. The van der Waals surface area contributed by atoms with Crippen LogP contribution in [-0.2, 0) is 4.79 Å². The molecule has 0 N–H and O–H groups in total. The van der Waals surface area contributed by atoms with Gasteiger partial charge in [-0.3, -0.25) is 4.79 Å². The summed E-state index contributed by atoms with van der Waals surface area (Å²) in [5.41, 5.74) is 1.73. The molecule has 27 heavy (non-hydrogen) atoms. The molecule has 0 radical (unpaired) electrons. The number of benzene rings is 1. The molecule has 1 fully saturated rings. The molecule has 1 amide bonds. The van der Waals surface area contributed by atoms with Gasteiger partial charge >= 0.3 is 6.01 Å². The van der Waals surface area contributed by atoms with Crippen LogP contribution >= 0.6 is 0 Å². The zero-order valence-electron chi connectivity index (χ0n) is 16.0. The molecule has 2 aromatic rings. The fourth-order valence-corrected chi connectivity index (χ4v) is 3.13. The molecule has 1 aliphatic rings. The molecular formula is C20H25N3O4. The molecule has 0 aliphatic carbocycles. The fourth-order valence-electron chi connectivity index (χ4n) is 3.13. The normalized spacial score (nSPS) is 16.7. The maximum Gasteiger partial charge on any atom is 0.317 e. The third-order valence-corrected chi connectivity index (χ3v) is 4.38. The number of aryl methyl sites for hydroxylation is 2. The number of para-hydroxylation sites is 2. The first-order valence-electron chi connectivity index (χ1n) is 9.07. The smallest absolute Gasteiger partial charge is 0.317 e. The molecule has 0 saturated carbocycles. The lowest BCUT2D eigenvalue weighted by Crippen LogP contribution is -2.46. The van der Waals surface area contributed by atoms with Crippen molar-refractivity contribution < 1.29 is 19.0 Å². The Hall–Kier alpha value is -2.83. The van der Waals surface area contributed by atoms with Crippen LogP contribution in [0, 0.1) is 13.8 Å². The number of methoxy groups -OCH3 is 1. The van der Waals surface area contributed by atoms with Crippen LogP contribution in [0.5, 0.6) is 17.5 Å². The predicted octanol–water partition coefficient (Wildman–Crippen LogP) is 2.55. The number of hydrogen-bond acceptors (Lipinski definition) is 6. The minimum absolute atomic E-state index is 0.0346. The third-order valence-electron chi connectivity index (χ3n) is 4.38. The van der Waals surface area contributed by atoms with Gasteiger partial charge in [-0.25, -0.2) is 9.97 Å². The van der Waals surface area contributed by atoms with E-state index in [1.54, 1.807) is 24.1 Å². The molecule has 3 rings (SSSR count). The molecule has 1 atom stereocenters. The minimum Gasteiger partial charge on any atom is -0.493 e. The number of rotatable bonds is 6. The number of ether oxygens (including phenoxy) is 3. The summed E-state index contributed by atoms with van der Waals surface area (Å²) in [6, 6.07) is 9.56. The van der Waals surface area contributed by atoms with Gasteiger partial charge < -0.3 is 19.1 Å². The maximum absolute atomic E-state index is 12.6. The first-order valence-corrected chi connectivity index (χ1v) is 9.07. The van der Waals surface area contributed by atoms with Gasteiger partial charge in [0.1, 0.15) is 6.10 Å².